The average Bonchev–Trinajstić information content (AvgIpc) is 3.83. The second-order valence-electron chi connectivity index (χ2n) is 13.9. The Morgan fingerprint density at radius 3 is 2.46 bits per heavy atom. The van der Waals surface area contributed by atoms with Crippen LogP contribution < -0.4 is 11.2 Å². The fraction of sp³-hybridized carbons (Fsp3) is 0.395. The number of benzene rings is 4. The highest BCUT2D eigenvalue weighted by Crippen LogP contribution is 2.56. The van der Waals surface area contributed by atoms with E-state index in [9.17, 15) is 9.59 Å². The lowest BCUT2D eigenvalue weighted by atomic mass is 9.93. The predicted octanol–water partition coefficient (Wildman–Crippen LogP) is 6.42. The zero-order chi connectivity index (χ0) is 36.3. The van der Waals surface area contributed by atoms with Crippen LogP contribution >= 0.6 is 8.53 Å². The maximum Gasteiger partial charge on any atom is 0.330 e. The van der Waals surface area contributed by atoms with Crippen LogP contribution in [0.4, 0.5) is 0 Å². The van der Waals surface area contributed by atoms with E-state index >= 15 is 0 Å². The van der Waals surface area contributed by atoms with Crippen molar-refractivity contribution in [1.29, 1.82) is 0 Å². The molecule has 13 nitrogen and oxygen atoms in total. The van der Waals surface area contributed by atoms with Gasteiger partial charge in [0, 0.05) is 23.7 Å². The SMILES string of the molecule is [C-]#[N+]CCOP(OC1[C@@H]2OC[C@]1(CC)O[C@H]2n1cc(-c2cn(-c3ccc4ccc5cccc6ccc3c4c56)nn2)c(=O)[nH]c1=O)N(C(C)C)C(C)C. The zero-order valence-corrected chi connectivity index (χ0v) is 30.5. The highest BCUT2D eigenvalue weighted by molar-refractivity contribution is 7.44. The second kappa shape index (κ2) is 13.5. The van der Waals surface area contributed by atoms with Crippen molar-refractivity contribution in [2.24, 2.45) is 0 Å². The number of hydrogen-bond acceptors (Lipinski definition) is 9. The molecule has 0 radical (unpaired) electrons. The first-order valence-corrected chi connectivity index (χ1v) is 18.7. The third kappa shape index (κ3) is 5.62. The molecular formula is C38H40N7O6P. The average molecular weight is 722 g/mol. The van der Waals surface area contributed by atoms with E-state index in [1.54, 1.807) is 10.9 Å². The number of hydrogen-bond donors (Lipinski definition) is 1. The van der Waals surface area contributed by atoms with Crippen LogP contribution in [0.25, 0.3) is 54.1 Å². The van der Waals surface area contributed by atoms with E-state index in [4.69, 9.17) is 25.1 Å². The van der Waals surface area contributed by atoms with Gasteiger partial charge in [-0.1, -0.05) is 60.7 Å². The predicted molar refractivity (Wildman–Crippen MR) is 200 cm³/mol. The highest BCUT2D eigenvalue weighted by atomic mass is 31.2. The number of ether oxygens (including phenoxy) is 2. The van der Waals surface area contributed by atoms with E-state index in [1.807, 2.05) is 13.0 Å². The molecule has 6 aromatic rings. The van der Waals surface area contributed by atoms with Crippen LogP contribution in [0.2, 0.25) is 0 Å². The standard InChI is InChI=1S/C38H40N7O6P/c1-7-38-21-48-33(34(38)51-52(49-18-17-39-6)45(22(2)3)23(4)5)36(50-38)43-19-28(35(46)40-37(43)47)29-20-44(42-41-29)30-16-14-26-12-11-24-9-8-10-25-13-15-27(30)32(26)31(24)25/h8-16,19-20,22-23,33-34,36H,7,17-18,21H2,1-5H3,(H,40,46,47)/t33-,34?,36+,38-,52?/m0/s1. The van der Waals surface area contributed by atoms with Crippen molar-refractivity contribution in [3.8, 4) is 16.9 Å². The summed E-state index contributed by atoms with van der Waals surface area (Å²) in [7, 11) is -1.60. The van der Waals surface area contributed by atoms with Gasteiger partial charge in [0.05, 0.1) is 24.1 Å². The molecule has 0 aliphatic carbocycles. The molecule has 5 atom stereocenters. The van der Waals surface area contributed by atoms with Crippen molar-refractivity contribution >= 4 is 40.8 Å². The molecule has 0 saturated carbocycles. The Hall–Kier alpha value is -4.54. The quantitative estimate of drug-likeness (QED) is 0.0658. The van der Waals surface area contributed by atoms with Crippen LogP contribution in [0, 0.1) is 6.57 Å². The van der Waals surface area contributed by atoms with Crippen LogP contribution in [0.1, 0.15) is 47.3 Å². The van der Waals surface area contributed by atoms with Crippen LogP contribution in [-0.4, -0.2) is 78.9 Å². The monoisotopic (exact) mass is 721 g/mol. The molecular weight excluding hydrogens is 681 g/mol. The first-order valence-electron chi connectivity index (χ1n) is 17.6. The zero-order valence-electron chi connectivity index (χ0n) is 29.6. The summed E-state index contributed by atoms with van der Waals surface area (Å²) in [5, 5.41) is 15.6. The van der Waals surface area contributed by atoms with Gasteiger partial charge in [-0.05, 0) is 67.1 Å². The number of H-pyrrole nitrogens is 1. The molecule has 1 N–H and O–H groups in total. The van der Waals surface area contributed by atoms with E-state index in [0.717, 1.165) is 32.6 Å². The fourth-order valence-electron chi connectivity index (χ4n) is 7.77. The van der Waals surface area contributed by atoms with E-state index in [-0.39, 0.29) is 37.4 Å². The summed E-state index contributed by atoms with van der Waals surface area (Å²) >= 11 is 0. The number of rotatable bonds is 12. The van der Waals surface area contributed by atoms with Crippen molar-refractivity contribution in [2.45, 2.75) is 77.2 Å². The number of nitrogens with one attached hydrogen (secondary N) is 1. The molecule has 8 rings (SSSR count). The molecule has 2 aliphatic heterocycles. The first-order chi connectivity index (χ1) is 25.1. The summed E-state index contributed by atoms with van der Waals surface area (Å²) < 4.78 is 31.1. The topological polar surface area (TPSA) is 130 Å². The Morgan fingerprint density at radius 1 is 1.04 bits per heavy atom. The third-order valence-electron chi connectivity index (χ3n) is 10.2. The molecule has 2 aliphatic rings. The van der Waals surface area contributed by atoms with Gasteiger partial charge < -0.3 is 23.4 Å². The minimum atomic E-state index is -1.60. The van der Waals surface area contributed by atoms with Gasteiger partial charge in [-0.15, -0.1) is 5.10 Å². The largest absolute Gasteiger partial charge is 0.368 e. The van der Waals surface area contributed by atoms with Crippen molar-refractivity contribution in [3.05, 3.63) is 99.2 Å². The van der Waals surface area contributed by atoms with Crippen LogP contribution in [0.5, 0.6) is 0 Å². The van der Waals surface area contributed by atoms with E-state index in [1.165, 1.54) is 16.2 Å². The fourth-order valence-corrected chi connectivity index (χ4v) is 9.57. The lowest BCUT2D eigenvalue weighted by Crippen LogP contribution is -2.43. The summed E-state index contributed by atoms with van der Waals surface area (Å²) in [4.78, 5) is 32.7. The molecule has 2 unspecified atom stereocenters. The number of aromatic nitrogens is 5. The molecule has 4 aromatic carbocycles. The van der Waals surface area contributed by atoms with Gasteiger partial charge in [0.2, 0.25) is 6.54 Å². The third-order valence-corrected chi connectivity index (χ3v) is 12.3. The second-order valence-corrected chi connectivity index (χ2v) is 15.4. The molecule has 52 heavy (non-hydrogen) atoms. The molecule has 14 heteroatoms. The number of nitrogens with zero attached hydrogens (tertiary/aromatic N) is 6. The molecule has 4 heterocycles. The van der Waals surface area contributed by atoms with Crippen molar-refractivity contribution in [1.82, 2.24) is 29.2 Å². The maximum atomic E-state index is 13.4. The van der Waals surface area contributed by atoms with E-state index in [2.05, 4.69) is 101 Å². The Labute approximate surface area is 301 Å². The molecule has 268 valence electrons. The van der Waals surface area contributed by atoms with Crippen molar-refractivity contribution in [3.63, 3.8) is 0 Å². The van der Waals surface area contributed by atoms with Gasteiger partial charge in [-0.25, -0.2) is 20.7 Å². The Bertz CT molecular complexity index is 2410. The summed E-state index contributed by atoms with van der Waals surface area (Å²) in [6, 6.07) is 19.0. The summed E-state index contributed by atoms with van der Waals surface area (Å²) in [6.07, 6.45) is 1.60. The van der Waals surface area contributed by atoms with Gasteiger partial charge in [0.1, 0.15) is 30.1 Å². The molecule has 2 saturated heterocycles. The Balaban J connectivity index is 1.14. The molecule has 2 fully saturated rings. The van der Waals surface area contributed by atoms with Gasteiger partial charge in [0.15, 0.2) is 6.23 Å². The lowest BCUT2D eigenvalue weighted by Gasteiger charge is -2.38. The Kier molecular flexibility index (Phi) is 8.94. The summed E-state index contributed by atoms with van der Waals surface area (Å²) in [6.45, 7) is 18.2. The van der Waals surface area contributed by atoms with Crippen molar-refractivity contribution in [2.75, 3.05) is 19.8 Å². The van der Waals surface area contributed by atoms with Gasteiger partial charge in [-0.3, -0.25) is 14.3 Å². The molecule has 0 amide bonds. The summed E-state index contributed by atoms with van der Waals surface area (Å²) in [5.41, 5.74) is -0.812. The van der Waals surface area contributed by atoms with Gasteiger partial charge in [0.25, 0.3) is 14.1 Å². The highest BCUT2D eigenvalue weighted by Gasteiger charge is 2.63. The van der Waals surface area contributed by atoms with E-state index < -0.39 is 43.8 Å². The van der Waals surface area contributed by atoms with E-state index in [0.29, 0.717) is 12.1 Å². The van der Waals surface area contributed by atoms with Crippen LogP contribution in [-0.2, 0) is 18.5 Å². The molecule has 0 spiro atoms. The first kappa shape index (κ1) is 34.5. The maximum absolute atomic E-state index is 13.4. The van der Waals surface area contributed by atoms with Gasteiger partial charge in [-0.2, -0.15) is 0 Å². The minimum absolute atomic E-state index is 0.104. The Morgan fingerprint density at radius 2 is 1.75 bits per heavy atom. The normalized spacial score (nSPS) is 22.2. The summed E-state index contributed by atoms with van der Waals surface area (Å²) in [5.74, 6) is 0. The number of fused-ring (bicyclic) bond motifs is 2. The number of aromatic amines is 1. The van der Waals surface area contributed by atoms with Crippen LogP contribution in [0.15, 0.2) is 76.6 Å². The minimum Gasteiger partial charge on any atom is -0.368 e. The lowest BCUT2D eigenvalue weighted by molar-refractivity contribution is -0.175. The molecule has 2 bridgehead atoms. The smallest absolute Gasteiger partial charge is 0.330 e. The van der Waals surface area contributed by atoms with Crippen molar-refractivity contribution < 1.29 is 18.5 Å². The van der Waals surface area contributed by atoms with Crippen LogP contribution in [0.3, 0.4) is 0 Å². The van der Waals surface area contributed by atoms with Gasteiger partial charge >= 0.3 is 5.69 Å². The molecule has 2 aromatic heterocycles.